The second-order valence-corrected chi connectivity index (χ2v) is 9.19. The topological polar surface area (TPSA) is 46.2 Å². The highest BCUT2D eigenvalue weighted by Gasteiger charge is 2.41. The number of dihydropyridines is 1. The molecule has 1 N–H and O–H groups in total. The number of ketones is 2. The van der Waals surface area contributed by atoms with Gasteiger partial charge in [-0.1, -0.05) is 55.3 Å². The maximum Gasteiger partial charge on any atom is 0.191 e. The Morgan fingerprint density at radius 1 is 1.03 bits per heavy atom. The minimum atomic E-state index is -0.362. The highest BCUT2D eigenvalue weighted by atomic mass is 35.5. The third kappa shape index (κ3) is 3.79. The van der Waals surface area contributed by atoms with Crippen LogP contribution in [0.15, 0.2) is 71.6 Å². The lowest BCUT2D eigenvalue weighted by molar-refractivity contribution is -0.118. The van der Waals surface area contributed by atoms with E-state index in [0.717, 1.165) is 28.8 Å². The highest BCUT2D eigenvalue weighted by molar-refractivity contribution is 6.30. The third-order valence-corrected chi connectivity index (χ3v) is 5.95. The number of carbonyl (C=O) groups is 2. The van der Waals surface area contributed by atoms with Crippen molar-refractivity contribution in [2.75, 3.05) is 0 Å². The minimum Gasteiger partial charge on any atom is -0.364 e. The van der Waals surface area contributed by atoms with Crippen LogP contribution >= 0.6 is 11.6 Å². The van der Waals surface area contributed by atoms with Gasteiger partial charge in [-0.05, 0) is 48.6 Å². The minimum absolute atomic E-state index is 0.0910. The van der Waals surface area contributed by atoms with Gasteiger partial charge in [0.2, 0.25) is 0 Å². The molecule has 2 aliphatic rings. The summed E-state index contributed by atoms with van der Waals surface area (Å²) in [6.45, 7) is 6.24. The Morgan fingerprint density at radius 2 is 1.69 bits per heavy atom. The van der Waals surface area contributed by atoms with E-state index in [1.165, 1.54) is 0 Å². The third-order valence-electron chi connectivity index (χ3n) is 5.70. The molecule has 1 unspecified atom stereocenters. The van der Waals surface area contributed by atoms with E-state index in [0.29, 0.717) is 22.6 Å². The van der Waals surface area contributed by atoms with Gasteiger partial charge in [-0.2, -0.15) is 0 Å². The van der Waals surface area contributed by atoms with Crippen molar-refractivity contribution in [2.24, 2.45) is 5.41 Å². The molecule has 0 spiro atoms. The van der Waals surface area contributed by atoms with Gasteiger partial charge >= 0.3 is 0 Å². The fourth-order valence-corrected chi connectivity index (χ4v) is 4.40. The van der Waals surface area contributed by atoms with Crippen molar-refractivity contribution in [2.45, 2.75) is 39.5 Å². The number of benzene rings is 2. The normalized spacial score (nSPS) is 20.6. The lowest BCUT2D eigenvalue weighted by Crippen LogP contribution is -2.36. The van der Waals surface area contributed by atoms with Crippen LogP contribution in [-0.2, 0) is 4.79 Å². The highest BCUT2D eigenvalue weighted by Crippen LogP contribution is 2.45. The van der Waals surface area contributed by atoms with E-state index >= 15 is 0 Å². The van der Waals surface area contributed by atoms with Gasteiger partial charge in [0.15, 0.2) is 11.6 Å². The SMILES string of the molecule is Cc1ccc(C2C(C(=O)c3ccc(Cl)cc3)=CNC3=C2C(=O)CC(C)(C)C3)cc1. The van der Waals surface area contributed by atoms with E-state index in [1.54, 1.807) is 30.5 Å². The van der Waals surface area contributed by atoms with E-state index in [9.17, 15) is 9.59 Å². The van der Waals surface area contributed by atoms with Crippen molar-refractivity contribution in [3.8, 4) is 0 Å². The number of Topliss-reactive ketones (excluding diaryl/α,β-unsaturated/α-hetero) is 2. The molecule has 4 rings (SSSR count). The summed E-state index contributed by atoms with van der Waals surface area (Å²) in [5.41, 5.74) is 4.83. The first-order valence-corrected chi connectivity index (χ1v) is 10.2. The molecule has 0 saturated heterocycles. The average molecular weight is 406 g/mol. The summed E-state index contributed by atoms with van der Waals surface area (Å²) in [4.78, 5) is 26.6. The zero-order valence-corrected chi connectivity index (χ0v) is 17.6. The molecule has 1 atom stereocenters. The number of halogens is 1. The van der Waals surface area contributed by atoms with Crippen LogP contribution in [0.4, 0.5) is 0 Å². The Kier molecular flexibility index (Phi) is 4.95. The molecule has 3 nitrogen and oxygen atoms in total. The van der Waals surface area contributed by atoms with E-state index in [1.807, 2.05) is 31.2 Å². The van der Waals surface area contributed by atoms with Crippen molar-refractivity contribution in [3.63, 3.8) is 0 Å². The number of carbonyl (C=O) groups excluding carboxylic acids is 2. The molecule has 1 heterocycles. The Bertz CT molecular complexity index is 1040. The summed E-state index contributed by atoms with van der Waals surface area (Å²) in [6.07, 6.45) is 3.06. The van der Waals surface area contributed by atoms with Gasteiger partial charge in [0.05, 0.1) is 0 Å². The molecule has 0 radical (unpaired) electrons. The lowest BCUT2D eigenvalue weighted by Gasteiger charge is -2.38. The number of hydrogen-bond acceptors (Lipinski definition) is 3. The first-order chi connectivity index (χ1) is 13.7. The smallest absolute Gasteiger partial charge is 0.191 e. The Hall–Kier alpha value is -2.65. The van der Waals surface area contributed by atoms with E-state index in [4.69, 9.17) is 11.6 Å². The number of allylic oxidation sites excluding steroid dienone is 3. The van der Waals surface area contributed by atoms with Crippen LogP contribution < -0.4 is 5.32 Å². The molecule has 148 valence electrons. The Labute approximate surface area is 176 Å². The molecule has 0 bridgehead atoms. The second kappa shape index (κ2) is 7.31. The van der Waals surface area contributed by atoms with Gasteiger partial charge in [-0.3, -0.25) is 9.59 Å². The predicted octanol–water partition coefficient (Wildman–Crippen LogP) is 5.75. The van der Waals surface area contributed by atoms with Gasteiger partial charge in [-0.25, -0.2) is 0 Å². The fraction of sp³-hybridized carbons (Fsp3) is 0.280. The molecule has 1 aliphatic carbocycles. The molecule has 1 aliphatic heterocycles. The van der Waals surface area contributed by atoms with Crippen LogP contribution in [0.3, 0.4) is 0 Å². The zero-order chi connectivity index (χ0) is 20.8. The van der Waals surface area contributed by atoms with Crippen LogP contribution in [0, 0.1) is 12.3 Å². The van der Waals surface area contributed by atoms with Crippen LogP contribution in [-0.4, -0.2) is 11.6 Å². The molecule has 2 aromatic carbocycles. The van der Waals surface area contributed by atoms with Crippen molar-refractivity contribution < 1.29 is 9.59 Å². The van der Waals surface area contributed by atoms with Crippen LogP contribution in [0.5, 0.6) is 0 Å². The van der Waals surface area contributed by atoms with Gasteiger partial charge < -0.3 is 5.32 Å². The number of hydrogen-bond donors (Lipinski definition) is 1. The van der Waals surface area contributed by atoms with Gasteiger partial charge in [0, 0.05) is 46.0 Å². The summed E-state index contributed by atoms with van der Waals surface area (Å²) in [5.74, 6) is -0.341. The van der Waals surface area contributed by atoms with Crippen molar-refractivity contribution in [1.82, 2.24) is 5.32 Å². The van der Waals surface area contributed by atoms with Gasteiger partial charge in [0.1, 0.15) is 0 Å². The molecule has 0 saturated carbocycles. The van der Waals surface area contributed by atoms with Gasteiger partial charge in [-0.15, -0.1) is 0 Å². The molecule has 0 fully saturated rings. The van der Waals surface area contributed by atoms with E-state index in [2.05, 4.69) is 19.2 Å². The summed E-state index contributed by atoms with van der Waals surface area (Å²) in [6, 6.07) is 15.0. The van der Waals surface area contributed by atoms with Crippen molar-refractivity contribution in [3.05, 3.63) is 93.3 Å². The summed E-state index contributed by atoms with van der Waals surface area (Å²) in [5, 5.41) is 3.87. The molecular formula is C25H24ClNO2. The summed E-state index contributed by atoms with van der Waals surface area (Å²) < 4.78 is 0. The van der Waals surface area contributed by atoms with Crippen molar-refractivity contribution in [1.29, 1.82) is 0 Å². The first-order valence-electron chi connectivity index (χ1n) is 9.85. The number of aryl methyl sites for hydroxylation is 1. The average Bonchev–Trinajstić information content (AvgIpc) is 2.67. The van der Waals surface area contributed by atoms with E-state index in [-0.39, 0.29) is 22.9 Å². The molecule has 0 aromatic heterocycles. The molecule has 2 aromatic rings. The van der Waals surface area contributed by atoms with Gasteiger partial charge in [0.25, 0.3) is 0 Å². The standard InChI is InChI=1S/C25H24ClNO2/c1-15-4-6-16(7-5-15)22-19(24(29)17-8-10-18(26)11-9-17)14-27-20-12-25(2,3)13-21(28)23(20)22/h4-11,14,22,27H,12-13H2,1-3H3. The molecular weight excluding hydrogens is 382 g/mol. The van der Waals surface area contributed by atoms with Crippen LogP contribution in [0.25, 0.3) is 0 Å². The first kappa shape index (κ1) is 19.7. The number of rotatable bonds is 3. The van der Waals surface area contributed by atoms with Crippen molar-refractivity contribution >= 4 is 23.2 Å². The summed E-state index contributed by atoms with van der Waals surface area (Å²) >= 11 is 5.99. The summed E-state index contributed by atoms with van der Waals surface area (Å²) in [7, 11) is 0. The molecule has 4 heteroatoms. The maximum absolute atomic E-state index is 13.4. The maximum atomic E-state index is 13.4. The van der Waals surface area contributed by atoms with Crippen LogP contribution in [0.2, 0.25) is 5.02 Å². The monoisotopic (exact) mass is 405 g/mol. The Balaban J connectivity index is 1.82. The second-order valence-electron chi connectivity index (χ2n) is 8.76. The lowest BCUT2D eigenvalue weighted by atomic mass is 9.68. The molecule has 0 amide bonds. The Morgan fingerprint density at radius 3 is 2.34 bits per heavy atom. The quantitative estimate of drug-likeness (QED) is 0.662. The van der Waals surface area contributed by atoms with Crippen LogP contribution in [0.1, 0.15) is 54.1 Å². The fourth-order valence-electron chi connectivity index (χ4n) is 4.27. The largest absolute Gasteiger partial charge is 0.364 e. The molecule has 29 heavy (non-hydrogen) atoms. The zero-order valence-electron chi connectivity index (χ0n) is 16.9. The number of nitrogens with one attached hydrogen (secondary N) is 1. The van der Waals surface area contributed by atoms with E-state index < -0.39 is 0 Å². The predicted molar refractivity (Wildman–Crippen MR) is 116 cm³/mol.